The second-order valence-electron chi connectivity index (χ2n) is 5.16. The van der Waals surface area contributed by atoms with Crippen LogP contribution in [0, 0.1) is 5.92 Å². The summed E-state index contributed by atoms with van der Waals surface area (Å²) in [5, 5.41) is 5.88. The average molecular weight is 316 g/mol. The van der Waals surface area contributed by atoms with Crippen molar-refractivity contribution < 1.29 is 22.7 Å². The van der Waals surface area contributed by atoms with Gasteiger partial charge in [0, 0.05) is 5.92 Å². The SMILES string of the molecule is O=C(NCCOc1ccccc1C(F)(F)F)C1CCNCC1. The van der Waals surface area contributed by atoms with Crippen LogP contribution in [0.5, 0.6) is 5.75 Å². The molecule has 0 radical (unpaired) electrons. The molecule has 1 aromatic carbocycles. The van der Waals surface area contributed by atoms with E-state index in [9.17, 15) is 18.0 Å². The van der Waals surface area contributed by atoms with Crippen molar-refractivity contribution in [2.75, 3.05) is 26.2 Å². The first-order chi connectivity index (χ1) is 10.5. The Balaban J connectivity index is 1.78. The van der Waals surface area contributed by atoms with Crippen molar-refractivity contribution in [2.24, 2.45) is 5.92 Å². The molecule has 2 rings (SSSR count). The minimum absolute atomic E-state index is 0.00377. The number of para-hydroxylation sites is 1. The second-order valence-corrected chi connectivity index (χ2v) is 5.16. The van der Waals surface area contributed by atoms with E-state index in [0.29, 0.717) is 0 Å². The van der Waals surface area contributed by atoms with Crippen LogP contribution in [-0.4, -0.2) is 32.1 Å². The number of ether oxygens (including phenoxy) is 1. The summed E-state index contributed by atoms with van der Waals surface area (Å²) in [7, 11) is 0. The van der Waals surface area contributed by atoms with Crippen LogP contribution in [0.4, 0.5) is 13.2 Å². The molecular weight excluding hydrogens is 297 g/mol. The molecule has 1 amide bonds. The molecule has 0 spiro atoms. The van der Waals surface area contributed by atoms with Gasteiger partial charge in [-0.3, -0.25) is 4.79 Å². The molecule has 1 saturated heterocycles. The molecule has 1 heterocycles. The van der Waals surface area contributed by atoms with Crippen molar-refractivity contribution in [1.82, 2.24) is 10.6 Å². The lowest BCUT2D eigenvalue weighted by atomic mass is 9.97. The van der Waals surface area contributed by atoms with E-state index in [-0.39, 0.29) is 30.7 Å². The monoisotopic (exact) mass is 316 g/mol. The highest BCUT2D eigenvalue weighted by molar-refractivity contribution is 5.78. The predicted octanol–water partition coefficient (Wildman–Crippen LogP) is 2.20. The van der Waals surface area contributed by atoms with Crippen molar-refractivity contribution in [3.63, 3.8) is 0 Å². The molecule has 122 valence electrons. The molecule has 4 nitrogen and oxygen atoms in total. The van der Waals surface area contributed by atoms with Crippen LogP contribution >= 0.6 is 0 Å². The van der Waals surface area contributed by atoms with E-state index in [1.807, 2.05) is 0 Å². The van der Waals surface area contributed by atoms with Gasteiger partial charge in [0.25, 0.3) is 0 Å². The van der Waals surface area contributed by atoms with E-state index < -0.39 is 11.7 Å². The van der Waals surface area contributed by atoms with Crippen LogP contribution in [0.1, 0.15) is 18.4 Å². The third kappa shape index (κ3) is 4.62. The molecule has 0 saturated carbocycles. The van der Waals surface area contributed by atoms with E-state index >= 15 is 0 Å². The number of rotatable bonds is 5. The van der Waals surface area contributed by atoms with Crippen LogP contribution in [0.25, 0.3) is 0 Å². The zero-order chi connectivity index (χ0) is 16.0. The standard InChI is InChI=1S/C15H19F3N2O2/c16-15(17,18)12-3-1-2-4-13(12)22-10-9-20-14(21)11-5-7-19-8-6-11/h1-4,11,19H,5-10H2,(H,20,21). The molecular formula is C15H19F3N2O2. The highest BCUT2D eigenvalue weighted by Crippen LogP contribution is 2.35. The maximum absolute atomic E-state index is 12.8. The number of carbonyl (C=O) groups is 1. The van der Waals surface area contributed by atoms with Crippen LogP contribution < -0.4 is 15.4 Å². The molecule has 2 N–H and O–H groups in total. The Labute approximate surface area is 127 Å². The third-order valence-corrected chi connectivity index (χ3v) is 3.56. The molecule has 7 heteroatoms. The van der Waals surface area contributed by atoms with Crippen LogP contribution in [-0.2, 0) is 11.0 Å². The number of alkyl halides is 3. The number of nitrogens with one attached hydrogen (secondary N) is 2. The molecule has 0 unspecified atom stereocenters. The summed E-state index contributed by atoms with van der Waals surface area (Å²) in [4.78, 5) is 11.9. The molecule has 1 aliphatic heterocycles. The first-order valence-corrected chi connectivity index (χ1v) is 7.26. The van der Waals surface area contributed by atoms with Crippen molar-refractivity contribution >= 4 is 5.91 Å². The molecule has 1 fully saturated rings. The van der Waals surface area contributed by atoms with Gasteiger partial charge in [-0.1, -0.05) is 12.1 Å². The lowest BCUT2D eigenvalue weighted by molar-refractivity contribution is -0.139. The van der Waals surface area contributed by atoms with E-state index in [1.54, 1.807) is 0 Å². The summed E-state index contributed by atoms with van der Waals surface area (Å²) in [6, 6.07) is 5.05. The van der Waals surface area contributed by atoms with E-state index in [2.05, 4.69) is 10.6 Å². The Morgan fingerprint density at radius 2 is 1.95 bits per heavy atom. The number of benzene rings is 1. The number of hydrogen-bond acceptors (Lipinski definition) is 3. The lowest BCUT2D eigenvalue weighted by Gasteiger charge is -2.21. The maximum Gasteiger partial charge on any atom is 0.419 e. The van der Waals surface area contributed by atoms with Crippen molar-refractivity contribution in [2.45, 2.75) is 19.0 Å². The molecule has 1 aromatic rings. The minimum atomic E-state index is -4.45. The molecule has 0 aromatic heterocycles. The van der Waals surface area contributed by atoms with Crippen LogP contribution in [0.15, 0.2) is 24.3 Å². The Hall–Kier alpha value is -1.76. The van der Waals surface area contributed by atoms with Gasteiger partial charge in [-0.05, 0) is 38.1 Å². The summed E-state index contributed by atoms with van der Waals surface area (Å²) in [5.41, 5.74) is -0.806. The van der Waals surface area contributed by atoms with Crippen molar-refractivity contribution in [3.8, 4) is 5.75 Å². The molecule has 1 aliphatic rings. The first-order valence-electron chi connectivity index (χ1n) is 7.26. The highest BCUT2D eigenvalue weighted by atomic mass is 19.4. The minimum Gasteiger partial charge on any atom is -0.491 e. The lowest BCUT2D eigenvalue weighted by Crippen LogP contribution is -2.39. The number of halogens is 3. The summed E-state index contributed by atoms with van der Waals surface area (Å²) in [6.45, 7) is 1.82. The molecule has 0 bridgehead atoms. The number of amides is 1. The second kappa shape index (κ2) is 7.49. The zero-order valence-electron chi connectivity index (χ0n) is 12.1. The number of hydrogen-bond donors (Lipinski definition) is 2. The fraction of sp³-hybridized carbons (Fsp3) is 0.533. The smallest absolute Gasteiger partial charge is 0.419 e. The largest absolute Gasteiger partial charge is 0.491 e. The van der Waals surface area contributed by atoms with Gasteiger partial charge in [-0.15, -0.1) is 0 Å². The fourth-order valence-electron chi connectivity index (χ4n) is 2.39. The number of piperidine rings is 1. The fourth-order valence-corrected chi connectivity index (χ4v) is 2.39. The third-order valence-electron chi connectivity index (χ3n) is 3.56. The van der Waals surface area contributed by atoms with E-state index in [1.165, 1.54) is 18.2 Å². The summed E-state index contributed by atoms with van der Waals surface area (Å²) < 4.78 is 43.5. The van der Waals surface area contributed by atoms with Gasteiger partial charge in [-0.2, -0.15) is 13.2 Å². The van der Waals surface area contributed by atoms with Crippen LogP contribution in [0.2, 0.25) is 0 Å². The van der Waals surface area contributed by atoms with E-state index in [0.717, 1.165) is 32.0 Å². The van der Waals surface area contributed by atoms with Gasteiger partial charge < -0.3 is 15.4 Å². The van der Waals surface area contributed by atoms with E-state index in [4.69, 9.17) is 4.74 Å². The number of carbonyl (C=O) groups excluding carboxylic acids is 1. The van der Waals surface area contributed by atoms with Gasteiger partial charge in [0.2, 0.25) is 5.91 Å². The summed E-state index contributed by atoms with van der Waals surface area (Å²) in [5.74, 6) is -0.302. The van der Waals surface area contributed by atoms with Crippen molar-refractivity contribution in [1.29, 1.82) is 0 Å². The Bertz CT molecular complexity index is 500. The zero-order valence-corrected chi connectivity index (χ0v) is 12.1. The van der Waals surface area contributed by atoms with Gasteiger partial charge in [-0.25, -0.2) is 0 Å². The Kier molecular flexibility index (Phi) is 5.65. The van der Waals surface area contributed by atoms with Gasteiger partial charge in [0.1, 0.15) is 12.4 Å². The first kappa shape index (κ1) is 16.6. The Morgan fingerprint density at radius 3 is 2.64 bits per heavy atom. The normalized spacial score (nSPS) is 16.3. The molecule has 22 heavy (non-hydrogen) atoms. The van der Waals surface area contributed by atoms with Gasteiger partial charge in [0.05, 0.1) is 12.1 Å². The maximum atomic E-state index is 12.8. The molecule has 0 atom stereocenters. The summed E-state index contributed by atoms with van der Waals surface area (Å²) >= 11 is 0. The van der Waals surface area contributed by atoms with Gasteiger partial charge >= 0.3 is 6.18 Å². The Morgan fingerprint density at radius 1 is 1.27 bits per heavy atom. The molecule has 0 aliphatic carbocycles. The van der Waals surface area contributed by atoms with Crippen molar-refractivity contribution in [3.05, 3.63) is 29.8 Å². The average Bonchev–Trinajstić information content (AvgIpc) is 2.51. The topological polar surface area (TPSA) is 50.4 Å². The highest BCUT2D eigenvalue weighted by Gasteiger charge is 2.33. The predicted molar refractivity (Wildman–Crippen MR) is 75.5 cm³/mol. The quantitative estimate of drug-likeness (QED) is 0.819. The van der Waals surface area contributed by atoms with Gasteiger partial charge in [0.15, 0.2) is 0 Å². The summed E-state index contributed by atoms with van der Waals surface area (Å²) in [6.07, 6.45) is -2.89. The van der Waals surface area contributed by atoms with Crippen LogP contribution in [0.3, 0.4) is 0 Å².